The highest BCUT2D eigenvalue weighted by molar-refractivity contribution is 5.51. The Morgan fingerprint density at radius 2 is 1.86 bits per heavy atom. The maximum Gasteiger partial charge on any atom is 0.421 e. The molecule has 0 fully saturated rings. The summed E-state index contributed by atoms with van der Waals surface area (Å²) in [5, 5.41) is 8.55. The molecule has 0 atom stereocenters. The van der Waals surface area contributed by atoms with Crippen molar-refractivity contribution in [3.8, 4) is 0 Å². The monoisotopic (exact) mass is 209 g/mol. The van der Waals surface area contributed by atoms with E-state index in [0.717, 1.165) is 12.1 Å². The first-order chi connectivity index (χ1) is 6.38. The summed E-state index contributed by atoms with van der Waals surface area (Å²) in [5.74, 6) is -1.51. The van der Waals surface area contributed by atoms with E-state index < -0.39 is 35.4 Å². The van der Waals surface area contributed by atoms with Gasteiger partial charge in [-0.1, -0.05) is 6.07 Å². The molecular formula is C8H7F4NO. The quantitative estimate of drug-likeness (QED) is 0.548. The van der Waals surface area contributed by atoms with Crippen LogP contribution in [0.4, 0.5) is 23.2 Å². The number of halogens is 4. The van der Waals surface area contributed by atoms with Crippen molar-refractivity contribution in [2.24, 2.45) is 0 Å². The van der Waals surface area contributed by atoms with Crippen LogP contribution in [0.5, 0.6) is 0 Å². The third-order valence-corrected chi connectivity index (χ3v) is 1.71. The van der Waals surface area contributed by atoms with Gasteiger partial charge in [-0.25, -0.2) is 4.39 Å². The summed E-state index contributed by atoms with van der Waals surface area (Å²) < 4.78 is 49.7. The summed E-state index contributed by atoms with van der Waals surface area (Å²) in [6.45, 7) is -0.796. The highest BCUT2D eigenvalue weighted by atomic mass is 19.4. The fourth-order valence-electron chi connectivity index (χ4n) is 1.04. The Balaban J connectivity index is 3.40. The van der Waals surface area contributed by atoms with E-state index in [4.69, 9.17) is 10.8 Å². The van der Waals surface area contributed by atoms with Crippen LogP contribution in [0, 0.1) is 5.82 Å². The number of anilines is 1. The standard InChI is InChI=1S/C8H7F4NO/c9-7-4(3-14)1-2-5(13)6(7)8(10,11)12/h1-2,14H,3,13H2. The number of aliphatic hydroxyl groups is 1. The lowest BCUT2D eigenvalue weighted by Gasteiger charge is -2.12. The van der Waals surface area contributed by atoms with Crippen molar-refractivity contribution < 1.29 is 22.7 Å². The molecule has 3 N–H and O–H groups in total. The van der Waals surface area contributed by atoms with Crippen LogP contribution in [0.2, 0.25) is 0 Å². The van der Waals surface area contributed by atoms with Crippen molar-refractivity contribution in [1.29, 1.82) is 0 Å². The molecule has 0 bridgehead atoms. The van der Waals surface area contributed by atoms with Gasteiger partial charge in [-0.15, -0.1) is 0 Å². The fourth-order valence-corrected chi connectivity index (χ4v) is 1.04. The predicted octanol–water partition coefficient (Wildman–Crippen LogP) is 1.92. The molecule has 0 saturated carbocycles. The number of aliphatic hydroxyl groups excluding tert-OH is 1. The first kappa shape index (κ1) is 10.8. The van der Waals surface area contributed by atoms with Crippen molar-refractivity contribution >= 4 is 5.69 Å². The van der Waals surface area contributed by atoms with Crippen molar-refractivity contribution in [3.63, 3.8) is 0 Å². The molecule has 1 aromatic rings. The van der Waals surface area contributed by atoms with Gasteiger partial charge in [-0.05, 0) is 6.07 Å². The van der Waals surface area contributed by atoms with Crippen molar-refractivity contribution in [3.05, 3.63) is 29.1 Å². The van der Waals surface area contributed by atoms with Gasteiger partial charge in [0.1, 0.15) is 11.4 Å². The average molecular weight is 209 g/mol. The summed E-state index contributed by atoms with van der Waals surface area (Å²) in [5.41, 5.74) is 2.35. The Hall–Kier alpha value is -1.30. The van der Waals surface area contributed by atoms with Crippen molar-refractivity contribution in [1.82, 2.24) is 0 Å². The second-order valence-corrected chi connectivity index (χ2v) is 2.66. The number of alkyl halides is 3. The van der Waals surface area contributed by atoms with Crippen LogP contribution in [-0.4, -0.2) is 5.11 Å². The van der Waals surface area contributed by atoms with Gasteiger partial charge in [0.25, 0.3) is 0 Å². The van der Waals surface area contributed by atoms with E-state index in [-0.39, 0.29) is 0 Å². The largest absolute Gasteiger partial charge is 0.421 e. The molecule has 0 aromatic heterocycles. The molecule has 0 saturated heterocycles. The highest BCUT2D eigenvalue weighted by Crippen LogP contribution is 2.36. The van der Waals surface area contributed by atoms with Crippen LogP contribution in [0.25, 0.3) is 0 Å². The minimum Gasteiger partial charge on any atom is -0.398 e. The first-order valence-corrected chi connectivity index (χ1v) is 3.63. The average Bonchev–Trinajstić information content (AvgIpc) is 2.02. The van der Waals surface area contributed by atoms with Gasteiger partial charge in [0.15, 0.2) is 0 Å². The number of hydrogen-bond acceptors (Lipinski definition) is 2. The molecule has 0 unspecified atom stereocenters. The van der Waals surface area contributed by atoms with E-state index in [2.05, 4.69) is 0 Å². The molecule has 0 aliphatic heterocycles. The van der Waals surface area contributed by atoms with Crippen molar-refractivity contribution in [2.45, 2.75) is 12.8 Å². The Kier molecular flexibility index (Phi) is 2.66. The minimum absolute atomic E-state index is 0.425. The van der Waals surface area contributed by atoms with Gasteiger partial charge in [0.2, 0.25) is 0 Å². The lowest BCUT2D eigenvalue weighted by molar-refractivity contribution is -0.139. The summed E-state index contributed by atoms with van der Waals surface area (Å²) in [6.07, 6.45) is -4.85. The molecule has 0 radical (unpaired) electrons. The minimum atomic E-state index is -4.85. The zero-order valence-corrected chi connectivity index (χ0v) is 6.90. The van der Waals surface area contributed by atoms with Gasteiger partial charge in [-0.2, -0.15) is 13.2 Å². The van der Waals surface area contributed by atoms with Gasteiger partial charge in [-0.3, -0.25) is 0 Å². The number of nitrogen functional groups attached to an aromatic ring is 1. The molecular weight excluding hydrogens is 202 g/mol. The molecule has 0 heterocycles. The Morgan fingerprint density at radius 1 is 1.29 bits per heavy atom. The summed E-state index contributed by atoms with van der Waals surface area (Å²) in [4.78, 5) is 0. The van der Waals surface area contributed by atoms with Crippen LogP contribution >= 0.6 is 0 Å². The molecule has 1 aromatic carbocycles. The van der Waals surface area contributed by atoms with Crippen LogP contribution < -0.4 is 5.73 Å². The summed E-state index contributed by atoms with van der Waals surface area (Å²) in [6, 6.07) is 1.93. The van der Waals surface area contributed by atoms with Crippen LogP contribution in [0.15, 0.2) is 12.1 Å². The zero-order valence-electron chi connectivity index (χ0n) is 6.90. The van der Waals surface area contributed by atoms with Gasteiger partial charge in [0, 0.05) is 11.3 Å². The highest BCUT2D eigenvalue weighted by Gasteiger charge is 2.37. The lowest BCUT2D eigenvalue weighted by Crippen LogP contribution is -2.13. The van der Waals surface area contributed by atoms with Crippen LogP contribution in [0.1, 0.15) is 11.1 Å². The molecule has 0 amide bonds. The van der Waals surface area contributed by atoms with Crippen LogP contribution in [0.3, 0.4) is 0 Å². The molecule has 78 valence electrons. The molecule has 14 heavy (non-hydrogen) atoms. The molecule has 1 rings (SSSR count). The molecule has 6 heteroatoms. The van der Waals surface area contributed by atoms with Gasteiger partial charge in [0.05, 0.1) is 6.61 Å². The Labute approximate surface area is 77.0 Å². The van der Waals surface area contributed by atoms with E-state index in [1.165, 1.54) is 0 Å². The van der Waals surface area contributed by atoms with Gasteiger partial charge < -0.3 is 10.8 Å². The molecule has 2 nitrogen and oxygen atoms in total. The van der Waals surface area contributed by atoms with Crippen molar-refractivity contribution in [2.75, 3.05) is 5.73 Å². The number of hydrogen-bond donors (Lipinski definition) is 2. The summed E-state index contributed by atoms with van der Waals surface area (Å²) in [7, 11) is 0. The van der Waals surface area contributed by atoms with E-state index in [9.17, 15) is 17.6 Å². The third-order valence-electron chi connectivity index (χ3n) is 1.71. The molecule has 0 aliphatic rings. The van der Waals surface area contributed by atoms with E-state index in [1.54, 1.807) is 0 Å². The topological polar surface area (TPSA) is 46.2 Å². The second-order valence-electron chi connectivity index (χ2n) is 2.66. The molecule has 0 aliphatic carbocycles. The van der Waals surface area contributed by atoms with E-state index >= 15 is 0 Å². The normalized spacial score (nSPS) is 11.8. The lowest BCUT2D eigenvalue weighted by atomic mass is 10.1. The molecule has 0 spiro atoms. The maximum absolute atomic E-state index is 13.1. The number of nitrogens with two attached hydrogens (primary N) is 1. The van der Waals surface area contributed by atoms with E-state index in [1.807, 2.05) is 0 Å². The van der Waals surface area contributed by atoms with E-state index in [0.29, 0.717) is 0 Å². The fraction of sp³-hybridized carbons (Fsp3) is 0.250. The second kappa shape index (κ2) is 3.45. The summed E-state index contributed by atoms with van der Waals surface area (Å²) >= 11 is 0. The smallest absolute Gasteiger partial charge is 0.398 e. The maximum atomic E-state index is 13.1. The Bertz CT molecular complexity index is 348. The zero-order chi connectivity index (χ0) is 10.9. The third kappa shape index (κ3) is 1.79. The predicted molar refractivity (Wildman–Crippen MR) is 41.7 cm³/mol. The SMILES string of the molecule is Nc1ccc(CO)c(F)c1C(F)(F)F. The first-order valence-electron chi connectivity index (χ1n) is 3.63. The number of rotatable bonds is 1. The van der Waals surface area contributed by atoms with Gasteiger partial charge >= 0.3 is 6.18 Å². The number of benzene rings is 1. The Morgan fingerprint density at radius 3 is 2.29 bits per heavy atom. The van der Waals surface area contributed by atoms with Crippen LogP contribution in [-0.2, 0) is 12.8 Å².